The van der Waals surface area contributed by atoms with E-state index in [-0.39, 0.29) is 23.3 Å². The zero-order valence-corrected chi connectivity index (χ0v) is 18.7. The van der Waals surface area contributed by atoms with Gasteiger partial charge in [0.05, 0.1) is 11.3 Å². The quantitative estimate of drug-likeness (QED) is 0.406. The average molecular weight is 430 g/mol. The van der Waals surface area contributed by atoms with Crippen molar-refractivity contribution >= 4 is 39.2 Å². The van der Waals surface area contributed by atoms with Gasteiger partial charge in [-0.3, -0.25) is 14.2 Å². The molecule has 0 spiro atoms. The first-order valence-corrected chi connectivity index (χ1v) is 11.7. The van der Waals surface area contributed by atoms with Crippen LogP contribution in [0.5, 0.6) is 0 Å². The van der Waals surface area contributed by atoms with Gasteiger partial charge in [0.2, 0.25) is 5.91 Å². The highest BCUT2D eigenvalue weighted by atomic mass is 32.2. The summed E-state index contributed by atoms with van der Waals surface area (Å²) in [4.78, 5) is 29.9. The third kappa shape index (κ3) is 5.93. The molecule has 29 heavy (non-hydrogen) atoms. The predicted molar refractivity (Wildman–Crippen MR) is 122 cm³/mol. The van der Waals surface area contributed by atoms with Gasteiger partial charge in [0.15, 0.2) is 5.16 Å². The Labute approximate surface area is 179 Å². The second-order valence-electron chi connectivity index (χ2n) is 7.62. The number of nitrogens with one attached hydrogen (secondary N) is 1. The maximum absolute atomic E-state index is 12.8. The number of carbonyl (C=O) groups is 1. The Hall–Kier alpha value is -2.12. The molecule has 0 radical (unpaired) electrons. The zero-order chi connectivity index (χ0) is 20.8. The lowest BCUT2D eigenvalue weighted by Gasteiger charge is -2.15. The van der Waals surface area contributed by atoms with E-state index in [2.05, 4.69) is 36.3 Å². The fraction of sp³-hybridized carbons (Fsp3) is 0.409. The molecule has 1 aromatic carbocycles. The minimum absolute atomic E-state index is 0.0159. The minimum atomic E-state index is -0.0358. The van der Waals surface area contributed by atoms with Crippen molar-refractivity contribution in [1.82, 2.24) is 14.9 Å². The highest BCUT2D eigenvalue weighted by molar-refractivity contribution is 7.99. The lowest BCUT2D eigenvalue weighted by molar-refractivity contribution is -0.119. The zero-order valence-electron chi connectivity index (χ0n) is 17.1. The second kappa shape index (κ2) is 10.1. The monoisotopic (exact) mass is 429 g/mol. The summed E-state index contributed by atoms with van der Waals surface area (Å²) in [5, 5.41) is 5.55. The Morgan fingerprint density at radius 1 is 1.21 bits per heavy atom. The molecule has 0 aliphatic heterocycles. The molecule has 1 N–H and O–H groups in total. The fourth-order valence-electron chi connectivity index (χ4n) is 3.11. The molecule has 0 saturated heterocycles. The van der Waals surface area contributed by atoms with Crippen LogP contribution < -0.4 is 10.9 Å². The van der Waals surface area contributed by atoms with E-state index >= 15 is 0 Å². The van der Waals surface area contributed by atoms with E-state index in [0.29, 0.717) is 27.8 Å². The van der Waals surface area contributed by atoms with Crippen molar-refractivity contribution in [3.63, 3.8) is 0 Å². The largest absolute Gasteiger partial charge is 0.353 e. The van der Waals surface area contributed by atoms with Crippen molar-refractivity contribution in [2.75, 3.05) is 5.75 Å². The first-order valence-electron chi connectivity index (χ1n) is 9.88. The van der Waals surface area contributed by atoms with Crippen molar-refractivity contribution in [3.05, 3.63) is 57.7 Å². The highest BCUT2D eigenvalue weighted by Gasteiger charge is 2.16. The SMILES string of the molecule is CC(C)Cn1c(SCC(=O)N[C@@H](C)CCc2ccccc2)nc2ccsc2c1=O. The van der Waals surface area contributed by atoms with E-state index in [1.54, 1.807) is 4.57 Å². The molecular weight excluding hydrogens is 402 g/mol. The maximum atomic E-state index is 12.8. The summed E-state index contributed by atoms with van der Waals surface area (Å²) in [5.74, 6) is 0.528. The van der Waals surface area contributed by atoms with Gasteiger partial charge in [0, 0.05) is 12.6 Å². The van der Waals surface area contributed by atoms with Gasteiger partial charge in [-0.05, 0) is 42.7 Å². The first-order chi connectivity index (χ1) is 13.9. The van der Waals surface area contributed by atoms with Gasteiger partial charge in [-0.1, -0.05) is 55.9 Å². The van der Waals surface area contributed by atoms with Crippen LogP contribution in [0.2, 0.25) is 0 Å². The summed E-state index contributed by atoms with van der Waals surface area (Å²) >= 11 is 2.75. The number of carbonyl (C=O) groups excluding carboxylic acids is 1. The standard InChI is InChI=1S/C22H27N3O2S2/c1-15(2)13-25-21(27)20-18(11-12-28-20)24-22(25)29-14-19(26)23-16(3)9-10-17-7-5-4-6-8-17/h4-8,11-12,15-16H,9-10,13-14H2,1-3H3,(H,23,26)/t16-/m0/s1. The molecule has 0 unspecified atom stereocenters. The van der Waals surface area contributed by atoms with Crippen molar-refractivity contribution in [2.24, 2.45) is 5.92 Å². The number of aryl methyl sites for hydroxylation is 1. The molecule has 0 saturated carbocycles. The third-order valence-corrected chi connectivity index (χ3v) is 6.40. The molecule has 0 aliphatic carbocycles. The smallest absolute Gasteiger partial charge is 0.272 e. The molecule has 154 valence electrons. The van der Waals surface area contributed by atoms with Crippen molar-refractivity contribution in [1.29, 1.82) is 0 Å². The van der Waals surface area contributed by atoms with Crippen molar-refractivity contribution in [3.8, 4) is 0 Å². The van der Waals surface area contributed by atoms with E-state index < -0.39 is 0 Å². The number of thioether (sulfide) groups is 1. The molecule has 2 heterocycles. The van der Waals surface area contributed by atoms with Crippen molar-refractivity contribution < 1.29 is 4.79 Å². The lowest BCUT2D eigenvalue weighted by Crippen LogP contribution is -2.34. The molecule has 0 bridgehead atoms. The second-order valence-corrected chi connectivity index (χ2v) is 9.48. The summed E-state index contributed by atoms with van der Waals surface area (Å²) in [6, 6.07) is 12.2. The Morgan fingerprint density at radius 3 is 2.69 bits per heavy atom. The van der Waals surface area contributed by atoms with Gasteiger partial charge in [-0.25, -0.2) is 4.98 Å². The summed E-state index contributed by atoms with van der Waals surface area (Å²) in [5.41, 5.74) is 1.96. The fourth-order valence-corrected chi connectivity index (χ4v) is 4.70. The van der Waals surface area contributed by atoms with Gasteiger partial charge in [0.1, 0.15) is 4.70 Å². The molecule has 0 fully saturated rings. The number of rotatable bonds is 9. The van der Waals surface area contributed by atoms with Crippen LogP contribution in [0, 0.1) is 5.92 Å². The molecule has 0 aliphatic rings. The number of hydrogen-bond donors (Lipinski definition) is 1. The van der Waals surface area contributed by atoms with E-state index in [9.17, 15) is 9.59 Å². The summed E-state index contributed by atoms with van der Waals surface area (Å²) in [6.07, 6.45) is 1.82. The number of fused-ring (bicyclic) bond motifs is 1. The Balaban J connectivity index is 1.60. The Bertz CT molecular complexity index is 1010. The molecule has 1 amide bonds. The highest BCUT2D eigenvalue weighted by Crippen LogP contribution is 2.21. The molecular formula is C22H27N3O2S2. The maximum Gasteiger partial charge on any atom is 0.272 e. The molecule has 3 aromatic rings. The predicted octanol–water partition coefficient (Wildman–Crippen LogP) is 4.34. The van der Waals surface area contributed by atoms with E-state index in [0.717, 1.165) is 12.8 Å². The molecule has 5 nitrogen and oxygen atoms in total. The van der Waals surface area contributed by atoms with E-state index in [4.69, 9.17) is 0 Å². The van der Waals surface area contributed by atoms with Crippen LogP contribution in [0.4, 0.5) is 0 Å². The number of benzene rings is 1. The molecule has 1 atom stereocenters. The average Bonchev–Trinajstić information content (AvgIpc) is 3.16. The summed E-state index contributed by atoms with van der Waals surface area (Å²) < 4.78 is 2.38. The molecule has 3 rings (SSSR count). The number of amides is 1. The molecule has 2 aromatic heterocycles. The number of nitrogens with zero attached hydrogens (tertiary/aromatic N) is 2. The normalized spacial score (nSPS) is 12.4. The first kappa shape index (κ1) is 21.6. The van der Waals surface area contributed by atoms with Crippen molar-refractivity contribution in [2.45, 2.75) is 51.4 Å². The minimum Gasteiger partial charge on any atom is -0.353 e. The van der Waals surface area contributed by atoms with Crippen LogP contribution in [0.25, 0.3) is 10.2 Å². The van der Waals surface area contributed by atoms with Crippen LogP contribution in [0.15, 0.2) is 51.7 Å². The van der Waals surface area contributed by atoms with E-state index in [1.807, 2.05) is 36.6 Å². The van der Waals surface area contributed by atoms with Gasteiger partial charge in [-0.15, -0.1) is 11.3 Å². The van der Waals surface area contributed by atoms with Crippen LogP contribution in [0.1, 0.15) is 32.8 Å². The van der Waals surface area contributed by atoms with Crippen LogP contribution >= 0.6 is 23.1 Å². The molecule has 7 heteroatoms. The van der Waals surface area contributed by atoms with Gasteiger partial charge < -0.3 is 5.32 Å². The van der Waals surface area contributed by atoms with E-state index in [1.165, 1.54) is 28.7 Å². The number of hydrogen-bond acceptors (Lipinski definition) is 5. The summed E-state index contributed by atoms with van der Waals surface area (Å²) in [7, 11) is 0. The lowest BCUT2D eigenvalue weighted by atomic mass is 10.1. The van der Waals surface area contributed by atoms with Gasteiger partial charge in [-0.2, -0.15) is 0 Å². The third-order valence-electron chi connectivity index (χ3n) is 4.53. The van der Waals surface area contributed by atoms with Gasteiger partial charge in [0.25, 0.3) is 5.56 Å². The topological polar surface area (TPSA) is 64.0 Å². The van der Waals surface area contributed by atoms with Crippen LogP contribution in [-0.4, -0.2) is 27.3 Å². The summed E-state index contributed by atoms with van der Waals surface area (Å²) in [6.45, 7) is 6.76. The Kier molecular flexibility index (Phi) is 7.50. The van der Waals surface area contributed by atoms with Crippen LogP contribution in [-0.2, 0) is 17.8 Å². The Morgan fingerprint density at radius 2 is 1.97 bits per heavy atom. The van der Waals surface area contributed by atoms with Crippen LogP contribution in [0.3, 0.4) is 0 Å². The van der Waals surface area contributed by atoms with Gasteiger partial charge >= 0.3 is 0 Å². The number of thiophene rings is 1. The number of aromatic nitrogens is 2.